The summed E-state index contributed by atoms with van der Waals surface area (Å²) in [5, 5.41) is 6.91. The minimum absolute atomic E-state index is 0.0956. The Balaban J connectivity index is 1.47. The molecule has 7 nitrogen and oxygen atoms in total. The van der Waals surface area contributed by atoms with Crippen molar-refractivity contribution in [3.05, 3.63) is 71.4 Å². The molecule has 1 atom stereocenters. The van der Waals surface area contributed by atoms with Crippen LogP contribution < -0.4 is 14.8 Å². The molecule has 1 aromatic heterocycles. The zero-order valence-corrected chi connectivity index (χ0v) is 15.6. The summed E-state index contributed by atoms with van der Waals surface area (Å²) >= 11 is 0. The molecule has 2 heterocycles. The molecule has 0 aliphatic carbocycles. The predicted octanol–water partition coefficient (Wildman–Crippen LogP) is 2.79. The maximum atomic E-state index is 12.7. The highest BCUT2D eigenvalue weighted by atomic mass is 16.6. The van der Waals surface area contributed by atoms with Gasteiger partial charge in [0.1, 0.15) is 13.2 Å². The van der Waals surface area contributed by atoms with Crippen molar-refractivity contribution in [2.75, 3.05) is 13.2 Å². The predicted molar refractivity (Wildman–Crippen MR) is 101 cm³/mol. The fourth-order valence-corrected chi connectivity index (χ4v) is 3.16. The van der Waals surface area contributed by atoms with Crippen LogP contribution >= 0.6 is 0 Å². The van der Waals surface area contributed by atoms with Crippen LogP contribution in [0.15, 0.2) is 53.1 Å². The van der Waals surface area contributed by atoms with E-state index < -0.39 is 0 Å². The lowest BCUT2D eigenvalue weighted by molar-refractivity contribution is -0.121. The number of aryl methyl sites for hydroxylation is 1. The molecule has 28 heavy (non-hydrogen) atoms. The van der Waals surface area contributed by atoms with Gasteiger partial charge in [-0.25, -0.2) is 0 Å². The van der Waals surface area contributed by atoms with Gasteiger partial charge in [-0.3, -0.25) is 4.79 Å². The maximum Gasteiger partial charge on any atom is 0.229 e. The van der Waals surface area contributed by atoms with E-state index in [0.717, 1.165) is 11.1 Å². The number of benzene rings is 2. The molecule has 0 radical (unpaired) electrons. The zero-order chi connectivity index (χ0) is 19.3. The topological polar surface area (TPSA) is 86.5 Å². The molecule has 0 spiro atoms. The van der Waals surface area contributed by atoms with Gasteiger partial charge in [0.2, 0.25) is 11.8 Å². The van der Waals surface area contributed by atoms with E-state index >= 15 is 0 Å². The number of hydrogen-bond donors (Lipinski definition) is 1. The zero-order valence-electron chi connectivity index (χ0n) is 15.6. The van der Waals surface area contributed by atoms with Gasteiger partial charge < -0.3 is 19.3 Å². The highest BCUT2D eigenvalue weighted by Gasteiger charge is 2.19. The Labute approximate surface area is 162 Å². The third-order valence-corrected chi connectivity index (χ3v) is 4.46. The smallest absolute Gasteiger partial charge is 0.229 e. The molecule has 2 aromatic carbocycles. The minimum Gasteiger partial charge on any atom is -0.486 e. The van der Waals surface area contributed by atoms with Crippen molar-refractivity contribution in [1.82, 2.24) is 15.5 Å². The summed E-state index contributed by atoms with van der Waals surface area (Å²) in [5.74, 6) is 2.36. The molecular formula is C21H21N3O4. The van der Waals surface area contributed by atoms with Gasteiger partial charge in [-0.05, 0) is 30.2 Å². The van der Waals surface area contributed by atoms with E-state index in [-0.39, 0.29) is 18.4 Å². The van der Waals surface area contributed by atoms with Gasteiger partial charge in [0.05, 0.1) is 18.9 Å². The Kier molecular flexibility index (Phi) is 5.23. The first-order chi connectivity index (χ1) is 13.7. The number of ether oxygens (including phenoxy) is 2. The highest BCUT2D eigenvalue weighted by Crippen LogP contribution is 2.31. The van der Waals surface area contributed by atoms with Gasteiger partial charge in [-0.1, -0.05) is 41.6 Å². The van der Waals surface area contributed by atoms with E-state index in [1.54, 1.807) is 6.92 Å². The Bertz CT molecular complexity index is 955. The first kappa shape index (κ1) is 18.0. The number of hydrogen-bond acceptors (Lipinski definition) is 6. The number of aromatic nitrogens is 2. The molecule has 0 bridgehead atoms. The number of carbonyl (C=O) groups excluding carboxylic acids is 1. The van der Waals surface area contributed by atoms with Gasteiger partial charge in [-0.15, -0.1) is 0 Å². The summed E-state index contributed by atoms with van der Waals surface area (Å²) < 4.78 is 16.4. The number of rotatable bonds is 6. The summed E-state index contributed by atoms with van der Waals surface area (Å²) in [6.45, 7) is 2.83. The van der Waals surface area contributed by atoms with Crippen LogP contribution in [0.3, 0.4) is 0 Å². The lowest BCUT2D eigenvalue weighted by Gasteiger charge is -2.20. The first-order valence-electron chi connectivity index (χ1n) is 9.19. The Morgan fingerprint density at radius 1 is 1.11 bits per heavy atom. The second-order valence-corrected chi connectivity index (χ2v) is 6.63. The van der Waals surface area contributed by atoms with Crippen molar-refractivity contribution < 1.29 is 18.8 Å². The van der Waals surface area contributed by atoms with Crippen LogP contribution in [-0.4, -0.2) is 29.3 Å². The van der Waals surface area contributed by atoms with Crippen molar-refractivity contribution in [1.29, 1.82) is 0 Å². The third kappa shape index (κ3) is 4.31. The molecular weight excluding hydrogens is 358 g/mol. The molecule has 0 saturated carbocycles. The van der Waals surface area contributed by atoms with Crippen LogP contribution in [0.5, 0.6) is 11.5 Å². The highest BCUT2D eigenvalue weighted by molar-refractivity contribution is 5.79. The number of carbonyl (C=O) groups is 1. The largest absolute Gasteiger partial charge is 0.486 e. The van der Waals surface area contributed by atoms with Crippen LogP contribution in [-0.2, 0) is 17.6 Å². The molecule has 144 valence electrons. The van der Waals surface area contributed by atoms with E-state index in [9.17, 15) is 4.79 Å². The number of nitrogens with one attached hydrogen (secondary N) is 1. The van der Waals surface area contributed by atoms with Gasteiger partial charge in [-0.2, -0.15) is 4.98 Å². The Hall–Kier alpha value is -3.35. The average Bonchev–Trinajstić information content (AvgIpc) is 3.13. The Morgan fingerprint density at radius 3 is 2.64 bits per heavy atom. The van der Waals surface area contributed by atoms with Gasteiger partial charge in [0.15, 0.2) is 17.3 Å². The second kappa shape index (κ2) is 8.12. The maximum absolute atomic E-state index is 12.7. The fraction of sp³-hybridized carbons (Fsp3) is 0.286. The van der Waals surface area contributed by atoms with Crippen LogP contribution in [0, 0.1) is 6.92 Å². The van der Waals surface area contributed by atoms with Crippen LogP contribution in [0.2, 0.25) is 0 Å². The normalized spacial score (nSPS) is 13.8. The van der Waals surface area contributed by atoms with Crippen LogP contribution in [0.4, 0.5) is 0 Å². The summed E-state index contributed by atoms with van der Waals surface area (Å²) in [5.41, 5.74) is 1.84. The molecule has 1 aliphatic heterocycles. The average molecular weight is 379 g/mol. The quantitative estimate of drug-likeness (QED) is 0.709. The van der Waals surface area contributed by atoms with Crippen molar-refractivity contribution in [3.8, 4) is 11.5 Å². The van der Waals surface area contributed by atoms with Crippen molar-refractivity contribution in [3.63, 3.8) is 0 Å². The van der Waals surface area contributed by atoms with Gasteiger partial charge in [0.25, 0.3) is 0 Å². The van der Waals surface area contributed by atoms with Crippen molar-refractivity contribution >= 4 is 5.91 Å². The molecule has 0 saturated heterocycles. The molecule has 1 N–H and O–H groups in total. The molecule has 1 amide bonds. The molecule has 1 aliphatic rings. The molecule has 1 unspecified atom stereocenters. The number of fused-ring (bicyclic) bond motifs is 1. The summed E-state index contributed by atoms with van der Waals surface area (Å²) in [6.07, 6.45) is 0.667. The minimum atomic E-state index is -0.259. The van der Waals surface area contributed by atoms with Gasteiger partial charge >= 0.3 is 0 Å². The summed E-state index contributed by atoms with van der Waals surface area (Å²) in [4.78, 5) is 17.0. The lowest BCUT2D eigenvalue weighted by Crippen LogP contribution is -2.31. The van der Waals surface area contributed by atoms with Gasteiger partial charge in [0, 0.05) is 0 Å². The summed E-state index contributed by atoms with van der Waals surface area (Å²) in [7, 11) is 0. The first-order valence-corrected chi connectivity index (χ1v) is 9.19. The van der Waals surface area contributed by atoms with Crippen LogP contribution in [0.1, 0.15) is 28.9 Å². The molecule has 3 aromatic rings. The van der Waals surface area contributed by atoms with E-state index in [1.807, 2.05) is 48.5 Å². The van der Waals surface area contributed by atoms with Crippen molar-refractivity contribution in [2.24, 2.45) is 0 Å². The number of nitrogens with zero attached hydrogens (tertiary/aromatic N) is 2. The van der Waals surface area contributed by atoms with Crippen LogP contribution in [0.25, 0.3) is 0 Å². The van der Waals surface area contributed by atoms with E-state index in [4.69, 9.17) is 14.0 Å². The second-order valence-electron chi connectivity index (χ2n) is 6.63. The number of amides is 1. The fourth-order valence-electron chi connectivity index (χ4n) is 3.16. The SMILES string of the molecule is Cc1noc(CC(NC(=O)Cc2ccc3c(c2)OCCO3)c2ccccc2)n1. The standard InChI is InChI=1S/C21H21N3O4/c1-14-22-21(28-24-14)13-17(16-5-3-2-4-6-16)23-20(25)12-15-7-8-18-19(11-15)27-10-9-26-18/h2-8,11,17H,9-10,12-13H2,1H3,(H,23,25). The molecule has 0 fully saturated rings. The third-order valence-electron chi connectivity index (χ3n) is 4.46. The van der Waals surface area contributed by atoms with E-state index in [2.05, 4.69) is 15.5 Å². The Morgan fingerprint density at radius 2 is 1.89 bits per heavy atom. The van der Waals surface area contributed by atoms with E-state index in [1.165, 1.54) is 0 Å². The van der Waals surface area contributed by atoms with Crippen molar-refractivity contribution in [2.45, 2.75) is 25.8 Å². The summed E-state index contributed by atoms with van der Waals surface area (Å²) in [6, 6.07) is 15.1. The lowest BCUT2D eigenvalue weighted by atomic mass is 10.0. The van der Waals surface area contributed by atoms with E-state index in [0.29, 0.717) is 42.8 Å². The molecule has 7 heteroatoms. The monoisotopic (exact) mass is 379 g/mol. The molecule has 4 rings (SSSR count).